The molecule has 4 heteroatoms. The number of amides is 1. The highest BCUT2D eigenvalue weighted by molar-refractivity contribution is 5.76. The Kier molecular flexibility index (Phi) is 5.15. The third kappa shape index (κ3) is 4.36. The molecule has 0 rings (SSSR count). The van der Waals surface area contributed by atoms with Crippen molar-refractivity contribution in [2.75, 3.05) is 0 Å². The Morgan fingerprint density at radius 1 is 1.73 bits per heavy atom. The van der Waals surface area contributed by atoms with Gasteiger partial charge in [0.25, 0.3) is 0 Å². The monoisotopic (exact) mass is 159 g/mol. The van der Waals surface area contributed by atoms with Crippen molar-refractivity contribution >= 4 is 12.4 Å². The van der Waals surface area contributed by atoms with E-state index < -0.39 is 12.0 Å². The molecule has 0 aliphatic carbocycles. The third-order valence-electron chi connectivity index (χ3n) is 1.41. The standard InChI is InChI=1S/C7H13NO3/c1-2-3-4-6(7(10)11)8-5-9/h5-6H,2-4H2,1H3,(H,8,9)(H,10,11)/t6-/m0/s1. The molecular formula is C7H13NO3. The van der Waals surface area contributed by atoms with Gasteiger partial charge >= 0.3 is 5.97 Å². The van der Waals surface area contributed by atoms with Crippen LogP contribution < -0.4 is 5.32 Å². The minimum atomic E-state index is -0.967. The number of hydrogen-bond donors (Lipinski definition) is 2. The highest BCUT2D eigenvalue weighted by atomic mass is 16.4. The molecule has 2 N–H and O–H groups in total. The number of carboxylic acid groups (broad SMARTS) is 1. The molecule has 0 aliphatic heterocycles. The van der Waals surface area contributed by atoms with Gasteiger partial charge in [-0.3, -0.25) is 4.79 Å². The van der Waals surface area contributed by atoms with Crippen LogP contribution in [-0.4, -0.2) is 23.5 Å². The maximum absolute atomic E-state index is 10.4. The van der Waals surface area contributed by atoms with Crippen molar-refractivity contribution in [3.63, 3.8) is 0 Å². The molecule has 0 radical (unpaired) electrons. The predicted molar refractivity (Wildman–Crippen MR) is 40.1 cm³/mol. The first-order valence-electron chi connectivity index (χ1n) is 3.64. The van der Waals surface area contributed by atoms with Crippen LogP contribution in [0, 0.1) is 0 Å². The number of carboxylic acids is 1. The quantitative estimate of drug-likeness (QED) is 0.550. The smallest absolute Gasteiger partial charge is 0.326 e. The maximum atomic E-state index is 10.4. The van der Waals surface area contributed by atoms with Crippen molar-refractivity contribution in [3.8, 4) is 0 Å². The topological polar surface area (TPSA) is 66.4 Å². The maximum Gasteiger partial charge on any atom is 0.326 e. The lowest BCUT2D eigenvalue weighted by atomic mass is 10.1. The zero-order valence-corrected chi connectivity index (χ0v) is 6.54. The Labute approximate surface area is 65.6 Å². The van der Waals surface area contributed by atoms with Gasteiger partial charge in [0.05, 0.1) is 0 Å². The molecule has 0 spiro atoms. The van der Waals surface area contributed by atoms with E-state index in [1.165, 1.54) is 0 Å². The average molecular weight is 159 g/mol. The summed E-state index contributed by atoms with van der Waals surface area (Å²) in [5.74, 6) is -0.967. The van der Waals surface area contributed by atoms with E-state index in [2.05, 4.69) is 5.32 Å². The molecule has 11 heavy (non-hydrogen) atoms. The largest absolute Gasteiger partial charge is 0.480 e. The second kappa shape index (κ2) is 5.70. The Morgan fingerprint density at radius 2 is 2.36 bits per heavy atom. The van der Waals surface area contributed by atoms with Gasteiger partial charge < -0.3 is 10.4 Å². The Morgan fingerprint density at radius 3 is 2.73 bits per heavy atom. The molecule has 64 valence electrons. The number of hydrogen-bond acceptors (Lipinski definition) is 2. The van der Waals surface area contributed by atoms with Gasteiger partial charge in [-0.05, 0) is 6.42 Å². The molecule has 0 unspecified atom stereocenters. The molecule has 0 aromatic rings. The van der Waals surface area contributed by atoms with Gasteiger partial charge in [-0.15, -0.1) is 0 Å². The van der Waals surface area contributed by atoms with Crippen molar-refractivity contribution in [2.45, 2.75) is 32.2 Å². The molecule has 1 atom stereocenters. The van der Waals surface area contributed by atoms with Crippen LogP contribution in [0.1, 0.15) is 26.2 Å². The number of rotatable bonds is 6. The number of aliphatic carboxylic acids is 1. The lowest BCUT2D eigenvalue weighted by Gasteiger charge is -2.08. The second-order valence-corrected chi connectivity index (χ2v) is 2.32. The van der Waals surface area contributed by atoms with Gasteiger partial charge in [0.1, 0.15) is 6.04 Å². The normalized spacial score (nSPS) is 12.1. The van der Waals surface area contributed by atoms with Crippen molar-refractivity contribution in [1.29, 1.82) is 0 Å². The van der Waals surface area contributed by atoms with E-state index in [0.717, 1.165) is 12.8 Å². The van der Waals surface area contributed by atoms with Gasteiger partial charge in [-0.25, -0.2) is 4.79 Å². The van der Waals surface area contributed by atoms with Crippen molar-refractivity contribution < 1.29 is 14.7 Å². The van der Waals surface area contributed by atoms with Crippen molar-refractivity contribution in [1.82, 2.24) is 5.32 Å². The first-order valence-corrected chi connectivity index (χ1v) is 3.64. The highest BCUT2D eigenvalue weighted by Crippen LogP contribution is 1.99. The number of unbranched alkanes of at least 4 members (excludes halogenated alkanes) is 1. The molecule has 0 heterocycles. The molecule has 0 bridgehead atoms. The molecule has 0 saturated carbocycles. The highest BCUT2D eigenvalue weighted by Gasteiger charge is 2.14. The van der Waals surface area contributed by atoms with Crippen LogP contribution in [0.5, 0.6) is 0 Å². The summed E-state index contributed by atoms with van der Waals surface area (Å²) < 4.78 is 0. The summed E-state index contributed by atoms with van der Waals surface area (Å²) in [5, 5.41) is 10.7. The molecule has 4 nitrogen and oxygen atoms in total. The molecule has 0 fully saturated rings. The minimum Gasteiger partial charge on any atom is -0.480 e. The van der Waals surface area contributed by atoms with Crippen LogP contribution in [0.2, 0.25) is 0 Å². The summed E-state index contributed by atoms with van der Waals surface area (Å²) in [5.41, 5.74) is 0. The van der Waals surface area contributed by atoms with Crippen molar-refractivity contribution in [2.24, 2.45) is 0 Å². The summed E-state index contributed by atoms with van der Waals surface area (Å²) in [6.07, 6.45) is 2.68. The number of carbonyl (C=O) groups is 2. The fraction of sp³-hybridized carbons (Fsp3) is 0.714. The fourth-order valence-corrected chi connectivity index (χ4v) is 0.768. The minimum absolute atomic E-state index is 0.425. The fourth-order valence-electron chi connectivity index (χ4n) is 0.768. The van der Waals surface area contributed by atoms with E-state index in [9.17, 15) is 9.59 Å². The van der Waals surface area contributed by atoms with E-state index in [-0.39, 0.29) is 0 Å². The van der Waals surface area contributed by atoms with Gasteiger partial charge in [0, 0.05) is 0 Å². The summed E-state index contributed by atoms with van der Waals surface area (Å²) in [7, 11) is 0. The summed E-state index contributed by atoms with van der Waals surface area (Å²) in [4.78, 5) is 20.3. The van der Waals surface area contributed by atoms with Crippen LogP contribution >= 0.6 is 0 Å². The molecule has 0 aromatic carbocycles. The van der Waals surface area contributed by atoms with E-state index >= 15 is 0 Å². The van der Waals surface area contributed by atoms with Crippen LogP contribution in [0.15, 0.2) is 0 Å². The average Bonchev–Trinajstić information content (AvgIpc) is 1.97. The van der Waals surface area contributed by atoms with Crippen LogP contribution in [0.3, 0.4) is 0 Å². The van der Waals surface area contributed by atoms with Crippen LogP contribution in [-0.2, 0) is 9.59 Å². The Hall–Kier alpha value is -1.06. The molecule has 0 saturated heterocycles. The van der Waals surface area contributed by atoms with Gasteiger partial charge in [0.2, 0.25) is 6.41 Å². The van der Waals surface area contributed by atoms with Crippen molar-refractivity contribution in [3.05, 3.63) is 0 Å². The molecule has 0 aromatic heterocycles. The van der Waals surface area contributed by atoms with Gasteiger partial charge in [-0.2, -0.15) is 0 Å². The lowest BCUT2D eigenvalue weighted by molar-refractivity contribution is -0.140. The Balaban J connectivity index is 3.69. The summed E-state index contributed by atoms with van der Waals surface area (Å²) in [6.45, 7) is 1.97. The third-order valence-corrected chi connectivity index (χ3v) is 1.41. The lowest BCUT2D eigenvalue weighted by Crippen LogP contribution is -2.35. The van der Waals surface area contributed by atoms with Gasteiger partial charge in [-0.1, -0.05) is 19.8 Å². The Bertz CT molecular complexity index is 136. The first kappa shape index (κ1) is 9.94. The zero-order chi connectivity index (χ0) is 8.69. The van der Waals surface area contributed by atoms with E-state index in [4.69, 9.17) is 5.11 Å². The summed E-state index contributed by atoms with van der Waals surface area (Å²) in [6, 6.07) is -0.715. The zero-order valence-electron chi connectivity index (χ0n) is 6.54. The van der Waals surface area contributed by atoms with Crippen LogP contribution in [0.4, 0.5) is 0 Å². The molecule has 0 aliphatic rings. The summed E-state index contributed by atoms with van der Waals surface area (Å²) >= 11 is 0. The number of nitrogens with one attached hydrogen (secondary N) is 1. The van der Waals surface area contributed by atoms with Gasteiger partial charge in [0.15, 0.2) is 0 Å². The first-order chi connectivity index (χ1) is 5.22. The number of carbonyl (C=O) groups excluding carboxylic acids is 1. The second-order valence-electron chi connectivity index (χ2n) is 2.32. The SMILES string of the molecule is CCCC[C@H](NC=O)C(=O)O. The molecule has 1 amide bonds. The van der Waals surface area contributed by atoms with E-state index in [0.29, 0.717) is 12.8 Å². The van der Waals surface area contributed by atoms with E-state index in [1.54, 1.807) is 0 Å². The molecular weight excluding hydrogens is 146 g/mol. The predicted octanol–water partition coefficient (Wildman–Crippen LogP) is 0.376. The van der Waals surface area contributed by atoms with E-state index in [1.807, 2.05) is 6.92 Å². The van der Waals surface area contributed by atoms with Crippen LogP contribution in [0.25, 0.3) is 0 Å².